The Labute approximate surface area is 205 Å². The molecule has 7 heteroatoms. The van der Waals surface area contributed by atoms with Gasteiger partial charge in [-0.05, 0) is 62.1 Å². The Hall–Kier alpha value is -3.16. The summed E-state index contributed by atoms with van der Waals surface area (Å²) in [6, 6.07) is 9.99. The van der Waals surface area contributed by atoms with Crippen LogP contribution in [0.5, 0.6) is 23.1 Å². The fraction of sp³-hybridized carbons (Fsp3) is 0.429. The average molecular weight is 474 g/mol. The van der Waals surface area contributed by atoms with Crippen LogP contribution in [0.15, 0.2) is 42.2 Å². The van der Waals surface area contributed by atoms with Gasteiger partial charge in [-0.1, -0.05) is 17.7 Å². The van der Waals surface area contributed by atoms with Crippen LogP contribution in [0.2, 0.25) is 0 Å². The van der Waals surface area contributed by atoms with E-state index in [4.69, 9.17) is 18.9 Å². The standard InChI is InChI=1S/C28H31N3O4/c1-19-10-20-4-5-22(12-21(20)11-19)35-27-23-13-25(32-2)26(14-24(23)29-18-30-27)34-9-3-7-31-8-6-28(15-31)16-33-17-28/h4-5,11-14,18H,3,6-10,15-17H2,1-2H3. The van der Waals surface area contributed by atoms with Gasteiger partial charge in [-0.2, -0.15) is 0 Å². The molecule has 0 amide bonds. The molecule has 6 rings (SSSR count). The third-order valence-corrected chi connectivity index (χ3v) is 7.30. The third kappa shape index (κ3) is 4.46. The maximum atomic E-state index is 6.19. The summed E-state index contributed by atoms with van der Waals surface area (Å²) in [4.78, 5) is 11.4. The normalized spacial score (nSPS) is 18.4. The molecule has 35 heavy (non-hydrogen) atoms. The number of methoxy groups -OCH3 is 1. The first-order chi connectivity index (χ1) is 17.1. The number of benzene rings is 2. The molecule has 1 aliphatic carbocycles. The van der Waals surface area contributed by atoms with Crippen molar-refractivity contribution in [1.82, 2.24) is 14.9 Å². The Bertz CT molecular complexity index is 1280. The number of allylic oxidation sites excluding steroid dienone is 1. The second-order valence-electron chi connectivity index (χ2n) is 10.1. The minimum atomic E-state index is 0.428. The molecule has 2 fully saturated rings. The first-order valence-electron chi connectivity index (χ1n) is 12.3. The number of fused-ring (bicyclic) bond motifs is 2. The molecule has 2 aromatic carbocycles. The van der Waals surface area contributed by atoms with Crippen molar-refractivity contribution in [2.75, 3.05) is 46.6 Å². The predicted octanol–water partition coefficient (Wildman–Crippen LogP) is 4.88. The van der Waals surface area contributed by atoms with Crippen LogP contribution in [0.1, 0.15) is 30.9 Å². The van der Waals surface area contributed by atoms with Gasteiger partial charge in [0.25, 0.3) is 0 Å². The molecule has 0 radical (unpaired) electrons. The van der Waals surface area contributed by atoms with Gasteiger partial charge in [0.15, 0.2) is 11.5 Å². The van der Waals surface area contributed by atoms with Crippen LogP contribution in [-0.2, 0) is 11.2 Å². The Morgan fingerprint density at radius 3 is 2.83 bits per heavy atom. The van der Waals surface area contributed by atoms with Gasteiger partial charge < -0.3 is 23.8 Å². The van der Waals surface area contributed by atoms with E-state index in [1.165, 1.54) is 29.4 Å². The van der Waals surface area contributed by atoms with E-state index in [0.717, 1.165) is 62.3 Å². The first-order valence-corrected chi connectivity index (χ1v) is 12.3. The van der Waals surface area contributed by atoms with E-state index in [0.29, 0.717) is 29.4 Å². The topological polar surface area (TPSA) is 65.9 Å². The van der Waals surface area contributed by atoms with Crippen LogP contribution >= 0.6 is 0 Å². The lowest BCUT2D eigenvalue weighted by Crippen LogP contribution is -2.44. The van der Waals surface area contributed by atoms with Crippen LogP contribution in [0.3, 0.4) is 0 Å². The van der Waals surface area contributed by atoms with E-state index < -0.39 is 0 Å². The minimum absolute atomic E-state index is 0.428. The van der Waals surface area contributed by atoms with Crippen LogP contribution < -0.4 is 14.2 Å². The monoisotopic (exact) mass is 473 g/mol. The van der Waals surface area contributed by atoms with Gasteiger partial charge in [-0.15, -0.1) is 0 Å². The SMILES string of the molecule is COc1cc2c(Oc3ccc4c(c3)C=C(C)C4)ncnc2cc1OCCCN1CCC2(COC2)C1. The summed E-state index contributed by atoms with van der Waals surface area (Å²) in [5.74, 6) is 2.59. The quantitative estimate of drug-likeness (QED) is 0.432. The maximum Gasteiger partial charge on any atom is 0.230 e. The van der Waals surface area contributed by atoms with Crippen LogP contribution in [0, 0.1) is 5.41 Å². The largest absolute Gasteiger partial charge is 0.493 e. The summed E-state index contributed by atoms with van der Waals surface area (Å²) in [7, 11) is 1.65. The zero-order chi connectivity index (χ0) is 23.8. The third-order valence-electron chi connectivity index (χ3n) is 7.30. The number of likely N-dealkylation sites (tertiary alicyclic amines) is 1. The molecule has 0 saturated carbocycles. The summed E-state index contributed by atoms with van der Waals surface area (Å²) in [5.41, 5.74) is 5.08. The van der Waals surface area contributed by atoms with Crippen molar-refractivity contribution in [1.29, 1.82) is 0 Å². The number of aromatic nitrogens is 2. The Morgan fingerprint density at radius 1 is 1.11 bits per heavy atom. The van der Waals surface area contributed by atoms with E-state index in [2.05, 4.69) is 40.0 Å². The number of rotatable bonds is 8. The molecular formula is C28H31N3O4. The Morgan fingerprint density at radius 2 is 2.03 bits per heavy atom. The zero-order valence-electron chi connectivity index (χ0n) is 20.4. The van der Waals surface area contributed by atoms with Crippen LogP contribution in [-0.4, -0.2) is 61.4 Å². The molecule has 1 aromatic heterocycles. The molecule has 3 aliphatic rings. The molecule has 2 aliphatic heterocycles. The molecule has 182 valence electrons. The van der Waals surface area contributed by atoms with Gasteiger partial charge in [0, 0.05) is 24.6 Å². The van der Waals surface area contributed by atoms with Gasteiger partial charge >= 0.3 is 0 Å². The van der Waals surface area contributed by atoms with Crippen molar-refractivity contribution in [3.05, 3.63) is 53.4 Å². The van der Waals surface area contributed by atoms with Crippen LogP contribution in [0.25, 0.3) is 17.0 Å². The molecule has 7 nitrogen and oxygen atoms in total. The first kappa shape index (κ1) is 22.3. The number of nitrogens with zero attached hydrogens (tertiary/aromatic N) is 3. The fourth-order valence-corrected chi connectivity index (χ4v) is 5.37. The van der Waals surface area contributed by atoms with Crippen molar-refractivity contribution in [3.63, 3.8) is 0 Å². The molecule has 3 heterocycles. The molecule has 1 spiro atoms. The van der Waals surface area contributed by atoms with Crippen molar-refractivity contribution in [2.45, 2.75) is 26.2 Å². The molecule has 2 saturated heterocycles. The number of hydrogen-bond donors (Lipinski definition) is 0. The maximum absolute atomic E-state index is 6.19. The van der Waals surface area contributed by atoms with Crippen molar-refractivity contribution in [2.24, 2.45) is 5.41 Å². The number of hydrogen-bond acceptors (Lipinski definition) is 7. The molecule has 0 unspecified atom stereocenters. The Kier molecular flexibility index (Phi) is 5.82. The summed E-state index contributed by atoms with van der Waals surface area (Å²) >= 11 is 0. The summed E-state index contributed by atoms with van der Waals surface area (Å²) in [6.45, 7) is 7.95. The highest BCUT2D eigenvalue weighted by Crippen LogP contribution is 2.38. The lowest BCUT2D eigenvalue weighted by atomic mass is 9.85. The predicted molar refractivity (Wildman–Crippen MR) is 134 cm³/mol. The Balaban J connectivity index is 1.14. The average Bonchev–Trinajstić information content (AvgIpc) is 3.44. The van der Waals surface area contributed by atoms with E-state index in [-0.39, 0.29) is 0 Å². The lowest BCUT2D eigenvalue weighted by Gasteiger charge is -2.37. The van der Waals surface area contributed by atoms with Gasteiger partial charge in [0.2, 0.25) is 5.88 Å². The van der Waals surface area contributed by atoms with Crippen molar-refractivity contribution < 1.29 is 18.9 Å². The highest BCUT2D eigenvalue weighted by Gasteiger charge is 2.43. The second kappa shape index (κ2) is 9.13. The minimum Gasteiger partial charge on any atom is -0.493 e. The molecule has 0 N–H and O–H groups in total. The van der Waals surface area contributed by atoms with E-state index in [9.17, 15) is 0 Å². The molecular weight excluding hydrogens is 442 g/mol. The van der Waals surface area contributed by atoms with Gasteiger partial charge in [-0.25, -0.2) is 9.97 Å². The summed E-state index contributed by atoms with van der Waals surface area (Å²) < 4.78 is 23.4. The van der Waals surface area contributed by atoms with Gasteiger partial charge in [0.05, 0.1) is 37.8 Å². The highest BCUT2D eigenvalue weighted by atomic mass is 16.5. The lowest BCUT2D eigenvalue weighted by molar-refractivity contribution is -0.105. The zero-order valence-corrected chi connectivity index (χ0v) is 20.4. The van der Waals surface area contributed by atoms with Crippen LogP contribution in [0.4, 0.5) is 0 Å². The molecule has 0 atom stereocenters. The number of ether oxygens (including phenoxy) is 4. The molecule has 0 bridgehead atoms. The van der Waals surface area contributed by atoms with Crippen molar-refractivity contribution in [3.8, 4) is 23.1 Å². The van der Waals surface area contributed by atoms with Gasteiger partial charge in [0.1, 0.15) is 12.1 Å². The fourth-order valence-electron chi connectivity index (χ4n) is 5.37. The van der Waals surface area contributed by atoms with Crippen molar-refractivity contribution >= 4 is 17.0 Å². The summed E-state index contributed by atoms with van der Waals surface area (Å²) in [6.07, 6.45) is 6.94. The van der Waals surface area contributed by atoms with E-state index in [1.54, 1.807) is 7.11 Å². The van der Waals surface area contributed by atoms with E-state index in [1.807, 2.05) is 18.2 Å². The van der Waals surface area contributed by atoms with E-state index >= 15 is 0 Å². The van der Waals surface area contributed by atoms with Gasteiger partial charge in [-0.3, -0.25) is 0 Å². The smallest absolute Gasteiger partial charge is 0.230 e. The second-order valence-corrected chi connectivity index (χ2v) is 10.1. The summed E-state index contributed by atoms with van der Waals surface area (Å²) in [5, 5.41) is 0.786. The highest BCUT2D eigenvalue weighted by molar-refractivity contribution is 5.87. The molecule has 3 aromatic rings.